The molecule has 0 saturated heterocycles. The van der Waals surface area contributed by atoms with Gasteiger partial charge in [-0.3, -0.25) is 0 Å². The smallest absolute Gasteiger partial charge is 0.331 e. The number of rotatable bonds is 2. The highest BCUT2D eigenvalue weighted by atomic mass is 16.6. The summed E-state index contributed by atoms with van der Waals surface area (Å²) < 4.78 is 10.5. The molecule has 0 aromatic heterocycles. The van der Waals surface area contributed by atoms with E-state index in [0.717, 1.165) is 11.3 Å². The van der Waals surface area contributed by atoms with Crippen molar-refractivity contribution in [1.29, 1.82) is 0 Å². The van der Waals surface area contributed by atoms with Gasteiger partial charge in [-0.2, -0.15) is 0 Å². The Balaban J connectivity index is 2.35. The van der Waals surface area contributed by atoms with Gasteiger partial charge in [-0.05, 0) is 24.6 Å². The second-order valence-corrected chi connectivity index (χ2v) is 3.99. The summed E-state index contributed by atoms with van der Waals surface area (Å²) in [6.07, 6.45) is 3.99. The summed E-state index contributed by atoms with van der Waals surface area (Å²) in [5, 5.41) is 0. The van der Waals surface area contributed by atoms with Crippen LogP contribution in [0.3, 0.4) is 0 Å². The highest BCUT2D eigenvalue weighted by Crippen LogP contribution is 2.33. The first-order valence-electron chi connectivity index (χ1n) is 5.18. The molecule has 1 aromatic carbocycles. The molecule has 0 bridgehead atoms. The van der Waals surface area contributed by atoms with Gasteiger partial charge in [0.15, 0.2) is 0 Å². The second kappa shape index (κ2) is 4.00. The van der Waals surface area contributed by atoms with E-state index in [9.17, 15) is 4.79 Å². The van der Waals surface area contributed by atoms with Crippen LogP contribution in [0.25, 0.3) is 0 Å². The maximum Gasteiger partial charge on any atom is 0.331 e. The lowest BCUT2D eigenvalue weighted by molar-refractivity contribution is -0.154. The Morgan fingerprint density at radius 3 is 2.94 bits per heavy atom. The van der Waals surface area contributed by atoms with Crippen molar-refractivity contribution < 1.29 is 14.3 Å². The van der Waals surface area contributed by atoms with Crippen LogP contribution in [0.4, 0.5) is 0 Å². The molecule has 0 aliphatic carbocycles. The van der Waals surface area contributed by atoms with E-state index in [2.05, 4.69) is 0 Å². The summed E-state index contributed by atoms with van der Waals surface area (Å²) in [5.41, 5.74) is 0.366. The Kier molecular flexibility index (Phi) is 2.69. The monoisotopic (exact) mass is 218 g/mol. The molecular formula is C13H14O3. The molecule has 3 heteroatoms. The minimum absolute atomic E-state index is 0.295. The molecule has 0 fully saturated rings. The summed E-state index contributed by atoms with van der Waals surface area (Å²) in [6, 6.07) is 7.60. The molecule has 3 nitrogen and oxygen atoms in total. The van der Waals surface area contributed by atoms with Crippen LogP contribution in [0.2, 0.25) is 0 Å². The zero-order chi connectivity index (χ0) is 11.6. The SMILES string of the molecule is COc1cccc([C@]2(C)CC=CC(=O)O2)c1. The molecule has 0 radical (unpaired) electrons. The molecule has 1 aliphatic rings. The van der Waals surface area contributed by atoms with E-state index in [1.165, 1.54) is 6.08 Å². The molecule has 1 aliphatic heterocycles. The Hall–Kier alpha value is -1.77. The van der Waals surface area contributed by atoms with Crippen LogP contribution in [0, 0.1) is 0 Å². The molecule has 84 valence electrons. The largest absolute Gasteiger partial charge is 0.497 e. The topological polar surface area (TPSA) is 35.5 Å². The average molecular weight is 218 g/mol. The number of methoxy groups -OCH3 is 1. The van der Waals surface area contributed by atoms with Crippen molar-refractivity contribution in [3.05, 3.63) is 42.0 Å². The van der Waals surface area contributed by atoms with E-state index in [1.807, 2.05) is 37.3 Å². The van der Waals surface area contributed by atoms with Gasteiger partial charge in [0.05, 0.1) is 7.11 Å². The van der Waals surface area contributed by atoms with Crippen LogP contribution < -0.4 is 4.74 Å². The molecule has 1 atom stereocenters. The Morgan fingerprint density at radius 2 is 2.25 bits per heavy atom. The van der Waals surface area contributed by atoms with Gasteiger partial charge in [0.25, 0.3) is 0 Å². The fourth-order valence-electron chi connectivity index (χ4n) is 1.81. The van der Waals surface area contributed by atoms with Crippen LogP contribution >= 0.6 is 0 Å². The molecule has 1 heterocycles. The third-order valence-corrected chi connectivity index (χ3v) is 2.77. The van der Waals surface area contributed by atoms with Crippen molar-refractivity contribution in [2.45, 2.75) is 18.9 Å². The molecule has 0 saturated carbocycles. The van der Waals surface area contributed by atoms with Crippen LogP contribution in [0.15, 0.2) is 36.4 Å². The van der Waals surface area contributed by atoms with Crippen molar-refractivity contribution >= 4 is 5.97 Å². The predicted molar refractivity (Wildman–Crippen MR) is 60.2 cm³/mol. The molecule has 2 rings (SSSR count). The number of carbonyl (C=O) groups excluding carboxylic acids is 1. The number of esters is 1. The molecule has 16 heavy (non-hydrogen) atoms. The van der Waals surface area contributed by atoms with Crippen molar-refractivity contribution in [3.8, 4) is 5.75 Å². The Bertz CT molecular complexity index is 437. The zero-order valence-electron chi connectivity index (χ0n) is 9.40. The lowest BCUT2D eigenvalue weighted by Gasteiger charge is -2.31. The molecule has 1 aromatic rings. The average Bonchev–Trinajstić information content (AvgIpc) is 2.29. The third-order valence-electron chi connectivity index (χ3n) is 2.77. The Labute approximate surface area is 94.7 Å². The quantitative estimate of drug-likeness (QED) is 0.715. The van der Waals surface area contributed by atoms with E-state index in [-0.39, 0.29) is 5.97 Å². The van der Waals surface area contributed by atoms with Crippen LogP contribution in [-0.2, 0) is 15.1 Å². The predicted octanol–water partition coefficient (Wildman–Crippen LogP) is 2.41. The summed E-state index contributed by atoms with van der Waals surface area (Å²) in [5.74, 6) is 0.473. The minimum atomic E-state index is -0.583. The van der Waals surface area contributed by atoms with Crippen molar-refractivity contribution in [1.82, 2.24) is 0 Å². The van der Waals surface area contributed by atoms with Gasteiger partial charge in [0.1, 0.15) is 11.4 Å². The van der Waals surface area contributed by atoms with E-state index in [1.54, 1.807) is 7.11 Å². The minimum Gasteiger partial charge on any atom is -0.497 e. The van der Waals surface area contributed by atoms with Crippen molar-refractivity contribution in [2.24, 2.45) is 0 Å². The molecule has 0 unspecified atom stereocenters. The zero-order valence-corrected chi connectivity index (χ0v) is 9.40. The molecule has 0 amide bonds. The van der Waals surface area contributed by atoms with E-state index in [0.29, 0.717) is 6.42 Å². The molecular weight excluding hydrogens is 204 g/mol. The fraction of sp³-hybridized carbons (Fsp3) is 0.308. The van der Waals surface area contributed by atoms with E-state index in [4.69, 9.17) is 9.47 Å². The van der Waals surface area contributed by atoms with Gasteiger partial charge in [0, 0.05) is 12.5 Å². The van der Waals surface area contributed by atoms with Gasteiger partial charge in [-0.1, -0.05) is 18.2 Å². The standard InChI is InChI=1S/C13H14O3/c1-13(8-4-7-12(14)16-13)10-5-3-6-11(9-10)15-2/h3-7,9H,8H2,1-2H3/t13-/m0/s1. The molecule has 0 N–H and O–H groups in total. The summed E-state index contributed by atoms with van der Waals surface area (Å²) in [6.45, 7) is 1.91. The summed E-state index contributed by atoms with van der Waals surface area (Å²) in [4.78, 5) is 11.3. The number of benzene rings is 1. The van der Waals surface area contributed by atoms with Crippen LogP contribution in [0.1, 0.15) is 18.9 Å². The first-order chi connectivity index (χ1) is 7.64. The van der Waals surface area contributed by atoms with Crippen molar-refractivity contribution in [3.63, 3.8) is 0 Å². The fourth-order valence-corrected chi connectivity index (χ4v) is 1.81. The van der Waals surface area contributed by atoms with E-state index < -0.39 is 5.60 Å². The normalized spacial score (nSPS) is 24.0. The maximum absolute atomic E-state index is 11.3. The Morgan fingerprint density at radius 1 is 1.44 bits per heavy atom. The van der Waals surface area contributed by atoms with Crippen molar-refractivity contribution in [2.75, 3.05) is 7.11 Å². The summed E-state index contributed by atoms with van der Waals surface area (Å²) >= 11 is 0. The number of ether oxygens (including phenoxy) is 2. The molecule has 0 spiro atoms. The van der Waals surface area contributed by atoms with Gasteiger partial charge in [-0.25, -0.2) is 4.79 Å². The number of hydrogen-bond donors (Lipinski definition) is 0. The lowest BCUT2D eigenvalue weighted by atomic mass is 9.90. The number of hydrogen-bond acceptors (Lipinski definition) is 3. The first kappa shape index (κ1) is 10.7. The van der Waals surface area contributed by atoms with Gasteiger partial charge in [0.2, 0.25) is 0 Å². The summed E-state index contributed by atoms with van der Waals surface area (Å²) in [7, 11) is 1.62. The third kappa shape index (κ3) is 1.94. The first-order valence-corrected chi connectivity index (χ1v) is 5.18. The number of cyclic esters (lactones) is 1. The van der Waals surface area contributed by atoms with Gasteiger partial charge < -0.3 is 9.47 Å². The van der Waals surface area contributed by atoms with E-state index >= 15 is 0 Å². The van der Waals surface area contributed by atoms with Gasteiger partial charge in [-0.15, -0.1) is 0 Å². The van der Waals surface area contributed by atoms with Gasteiger partial charge >= 0.3 is 5.97 Å². The van der Waals surface area contributed by atoms with Crippen LogP contribution in [-0.4, -0.2) is 13.1 Å². The number of carbonyl (C=O) groups is 1. The maximum atomic E-state index is 11.3. The highest BCUT2D eigenvalue weighted by Gasteiger charge is 2.32. The highest BCUT2D eigenvalue weighted by molar-refractivity contribution is 5.83. The lowest BCUT2D eigenvalue weighted by Crippen LogP contribution is -2.30. The van der Waals surface area contributed by atoms with Crippen LogP contribution in [0.5, 0.6) is 5.75 Å². The second-order valence-electron chi connectivity index (χ2n) is 3.99.